The van der Waals surface area contributed by atoms with Gasteiger partial charge in [-0.3, -0.25) is 0 Å². The minimum Gasteiger partial charge on any atom is -0.486 e. The zero-order valence-electron chi connectivity index (χ0n) is 14.4. The van der Waals surface area contributed by atoms with Crippen LogP contribution in [0.5, 0.6) is 11.5 Å². The average Bonchev–Trinajstić information content (AvgIpc) is 3.08. The first kappa shape index (κ1) is 16.1. The summed E-state index contributed by atoms with van der Waals surface area (Å²) >= 11 is 0. The van der Waals surface area contributed by atoms with E-state index in [1.54, 1.807) is 0 Å². The molecule has 1 N–H and O–H groups in total. The van der Waals surface area contributed by atoms with E-state index in [9.17, 15) is 4.79 Å². The van der Waals surface area contributed by atoms with Gasteiger partial charge < -0.3 is 24.6 Å². The maximum absolute atomic E-state index is 11.8. The van der Waals surface area contributed by atoms with Gasteiger partial charge in [0.05, 0.1) is 0 Å². The number of fused-ring (bicyclic) bond motifs is 1. The van der Waals surface area contributed by atoms with Gasteiger partial charge in [0.15, 0.2) is 11.5 Å². The van der Waals surface area contributed by atoms with Crippen LogP contribution in [0.2, 0.25) is 0 Å². The maximum atomic E-state index is 11.8. The van der Waals surface area contributed by atoms with Crippen LogP contribution in [0.25, 0.3) is 0 Å². The van der Waals surface area contributed by atoms with E-state index in [0.717, 1.165) is 56.9 Å². The predicted molar refractivity (Wildman–Crippen MR) is 94.8 cm³/mol. The Labute approximate surface area is 148 Å². The Morgan fingerprint density at radius 1 is 1.16 bits per heavy atom. The molecule has 134 valence electrons. The molecule has 25 heavy (non-hydrogen) atoms. The van der Waals surface area contributed by atoms with Crippen LogP contribution in [0, 0.1) is 0 Å². The van der Waals surface area contributed by atoms with Gasteiger partial charge in [0.2, 0.25) is 0 Å². The molecule has 0 radical (unpaired) electrons. The quantitative estimate of drug-likeness (QED) is 0.911. The molecule has 0 aromatic heterocycles. The number of nitrogens with zero attached hydrogens (tertiary/aromatic N) is 2. The molecule has 3 heterocycles. The number of hydrogen-bond donors (Lipinski definition) is 1. The number of piperidine rings is 1. The molecule has 0 bridgehead atoms. The Hall–Kier alpha value is -2.37. The van der Waals surface area contributed by atoms with Crippen molar-refractivity contribution in [2.75, 3.05) is 32.8 Å². The molecule has 4 rings (SSSR count). The molecular weight excluding hydrogens is 318 g/mol. The van der Waals surface area contributed by atoms with E-state index in [2.05, 4.69) is 22.5 Å². The molecular formula is C19H25N3O3. The summed E-state index contributed by atoms with van der Waals surface area (Å²) in [5.74, 6) is 1.66. The van der Waals surface area contributed by atoms with Crippen LogP contribution in [-0.4, -0.2) is 60.8 Å². The Balaban J connectivity index is 1.22. The lowest BCUT2D eigenvalue weighted by atomic mass is 10.0. The summed E-state index contributed by atoms with van der Waals surface area (Å²) < 4.78 is 11.7. The molecule has 0 saturated carbocycles. The third kappa shape index (κ3) is 3.67. The van der Waals surface area contributed by atoms with E-state index in [-0.39, 0.29) is 12.1 Å². The van der Waals surface area contributed by atoms with E-state index < -0.39 is 0 Å². The van der Waals surface area contributed by atoms with Crippen LogP contribution in [0.3, 0.4) is 0 Å². The molecule has 0 spiro atoms. The van der Waals surface area contributed by atoms with Crippen LogP contribution in [0.4, 0.5) is 4.79 Å². The number of para-hydroxylation sites is 2. The third-order valence-corrected chi connectivity index (χ3v) is 5.11. The summed E-state index contributed by atoms with van der Waals surface area (Å²) in [6.07, 6.45) is 7.32. The van der Waals surface area contributed by atoms with E-state index in [1.165, 1.54) is 0 Å². The number of ether oxygens (including phenoxy) is 2. The van der Waals surface area contributed by atoms with Gasteiger partial charge in [0.25, 0.3) is 0 Å². The fourth-order valence-corrected chi connectivity index (χ4v) is 3.72. The van der Waals surface area contributed by atoms with E-state index in [0.29, 0.717) is 12.6 Å². The summed E-state index contributed by atoms with van der Waals surface area (Å²) in [6, 6.07) is 8.29. The highest BCUT2D eigenvalue weighted by atomic mass is 16.6. The average molecular weight is 343 g/mol. The summed E-state index contributed by atoms with van der Waals surface area (Å²) in [5, 5.41) is 2.89. The van der Waals surface area contributed by atoms with Crippen molar-refractivity contribution in [2.45, 2.75) is 31.4 Å². The predicted octanol–water partition coefficient (Wildman–Crippen LogP) is 2.22. The molecule has 6 heteroatoms. The van der Waals surface area contributed by atoms with Crippen LogP contribution < -0.4 is 14.8 Å². The van der Waals surface area contributed by atoms with Gasteiger partial charge in [-0.05, 0) is 31.2 Å². The molecule has 2 amide bonds. The van der Waals surface area contributed by atoms with E-state index in [1.807, 2.05) is 29.2 Å². The fourth-order valence-electron chi connectivity index (χ4n) is 3.72. The lowest BCUT2D eigenvalue weighted by molar-refractivity contribution is 0.0927. The third-order valence-electron chi connectivity index (χ3n) is 5.11. The van der Waals surface area contributed by atoms with Crippen molar-refractivity contribution in [3.63, 3.8) is 0 Å². The van der Waals surface area contributed by atoms with Gasteiger partial charge in [-0.1, -0.05) is 18.2 Å². The number of carbonyl (C=O) groups is 1. The van der Waals surface area contributed by atoms with Crippen molar-refractivity contribution >= 4 is 6.03 Å². The molecule has 3 aliphatic heterocycles. The second-order valence-corrected chi connectivity index (χ2v) is 6.81. The first-order valence-electron chi connectivity index (χ1n) is 9.13. The van der Waals surface area contributed by atoms with Gasteiger partial charge in [0.1, 0.15) is 12.7 Å². The van der Waals surface area contributed by atoms with Gasteiger partial charge in [-0.15, -0.1) is 0 Å². The molecule has 1 aromatic carbocycles. The van der Waals surface area contributed by atoms with Crippen LogP contribution in [0.15, 0.2) is 36.5 Å². The Morgan fingerprint density at radius 2 is 1.96 bits per heavy atom. The molecule has 2 saturated heterocycles. The Kier molecular flexibility index (Phi) is 4.68. The van der Waals surface area contributed by atoms with Crippen molar-refractivity contribution in [1.82, 2.24) is 15.1 Å². The van der Waals surface area contributed by atoms with E-state index >= 15 is 0 Å². The highest BCUT2D eigenvalue weighted by Gasteiger charge is 2.30. The van der Waals surface area contributed by atoms with Gasteiger partial charge in [0, 0.05) is 38.6 Å². The summed E-state index contributed by atoms with van der Waals surface area (Å²) in [7, 11) is 0. The van der Waals surface area contributed by atoms with E-state index in [4.69, 9.17) is 9.47 Å². The zero-order valence-corrected chi connectivity index (χ0v) is 14.4. The standard InChI is InChI=1S/C19H25N3O3/c23-19-20-9-13-22(19)15-7-11-21(12-8-15)10-3-4-16-14-24-17-5-1-2-6-18(17)25-16/h1-3,5-6,10,15-16H,4,7-9,11-14H2,(H,20,23). The molecule has 1 aromatic rings. The minimum absolute atomic E-state index is 0.0667. The topological polar surface area (TPSA) is 54.0 Å². The van der Waals surface area contributed by atoms with Crippen molar-refractivity contribution in [2.24, 2.45) is 0 Å². The molecule has 1 unspecified atom stereocenters. The van der Waals surface area contributed by atoms with Crippen molar-refractivity contribution < 1.29 is 14.3 Å². The number of benzene rings is 1. The van der Waals surface area contributed by atoms with Crippen molar-refractivity contribution in [3.8, 4) is 11.5 Å². The number of urea groups is 1. The van der Waals surface area contributed by atoms with Gasteiger partial charge >= 0.3 is 6.03 Å². The Bertz CT molecular complexity index is 641. The largest absolute Gasteiger partial charge is 0.486 e. The van der Waals surface area contributed by atoms with Crippen molar-refractivity contribution in [1.29, 1.82) is 0 Å². The molecule has 2 fully saturated rings. The Morgan fingerprint density at radius 3 is 2.72 bits per heavy atom. The highest BCUT2D eigenvalue weighted by molar-refractivity contribution is 5.76. The second-order valence-electron chi connectivity index (χ2n) is 6.81. The number of nitrogens with one attached hydrogen (secondary N) is 1. The molecule has 0 aliphatic carbocycles. The van der Waals surface area contributed by atoms with Crippen LogP contribution in [0.1, 0.15) is 19.3 Å². The maximum Gasteiger partial charge on any atom is 0.317 e. The molecule has 6 nitrogen and oxygen atoms in total. The van der Waals surface area contributed by atoms with Crippen LogP contribution in [-0.2, 0) is 0 Å². The number of rotatable bonds is 4. The molecule has 3 aliphatic rings. The first-order chi connectivity index (χ1) is 12.3. The molecule has 1 atom stereocenters. The SMILES string of the molecule is O=C1NCCN1C1CCN(C=CCC2COc3ccccc3O2)CC1. The highest BCUT2D eigenvalue weighted by Crippen LogP contribution is 2.31. The summed E-state index contributed by atoms with van der Waals surface area (Å²) in [6.45, 7) is 4.21. The van der Waals surface area contributed by atoms with Crippen LogP contribution >= 0.6 is 0 Å². The zero-order chi connectivity index (χ0) is 17.1. The first-order valence-corrected chi connectivity index (χ1v) is 9.13. The lowest BCUT2D eigenvalue weighted by Crippen LogP contribution is -2.44. The lowest BCUT2D eigenvalue weighted by Gasteiger charge is -2.35. The van der Waals surface area contributed by atoms with Gasteiger partial charge in [-0.25, -0.2) is 4.79 Å². The number of carbonyl (C=O) groups excluding carboxylic acids is 1. The fraction of sp³-hybridized carbons (Fsp3) is 0.526. The normalized spacial score (nSPS) is 24.0. The minimum atomic E-state index is 0.0667. The number of amides is 2. The number of likely N-dealkylation sites (tertiary alicyclic amines) is 1. The van der Waals surface area contributed by atoms with Crippen molar-refractivity contribution in [3.05, 3.63) is 36.5 Å². The smallest absolute Gasteiger partial charge is 0.317 e. The summed E-state index contributed by atoms with van der Waals surface area (Å²) in [5.41, 5.74) is 0. The number of hydrogen-bond acceptors (Lipinski definition) is 4. The second kappa shape index (κ2) is 7.25. The van der Waals surface area contributed by atoms with Gasteiger partial charge in [-0.2, -0.15) is 0 Å². The monoisotopic (exact) mass is 343 g/mol. The summed E-state index contributed by atoms with van der Waals surface area (Å²) in [4.78, 5) is 16.1.